The van der Waals surface area contributed by atoms with Gasteiger partial charge in [-0.15, -0.1) is 0 Å². The lowest BCUT2D eigenvalue weighted by molar-refractivity contribution is 0.257. The molecule has 3 rings (SSSR count). The molecular formula is C14H21N3O2S. The van der Waals surface area contributed by atoms with Gasteiger partial charge in [0.05, 0.1) is 11.9 Å². The van der Waals surface area contributed by atoms with Crippen LogP contribution in [0.4, 0.5) is 5.69 Å². The quantitative estimate of drug-likeness (QED) is 0.912. The number of pyridine rings is 1. The van der Waals surface area contributed by atoms with Gasteiger partial charge in [0.25, 0.3) is 0 Å². The molecule has 0 bridgehead atoms. The summed E-state index contributed by atoms with van der Waals surface area (Å²) in [5.41, 5.74) is 0.896. The molecule has 2 unspecified atom stereocenters. The molecular weight excluding hydrogens is 274 g/mol. The van der Waals surface area contributed by atoms with Crippen LogP contribution in [0.5, 0.6) is 0 Å². The largest absolute Gasteiger partial charge is 0.380 e. The second-order valence-electron chi connectivity index (χ2n) is 6.01. The van der Waals surface area contributed by atoms with Gasteiger partial charge in [0.1, 0.15) is 0 Å². The van der Waals surface area contributed by atoms with Crippen molar-refractivity contribution in [2.45, 2.75) is 49.3 Å². The van der Waals surface area contributed by atoms with Gasteiger partial charge in [-0.3, -0.25) is 4.90 Å². The molecule has 2 heterocycles. The van der Waals surface area contributed by atoms with Crippen LogP contribution < -0.4 is 5.32 Å². The van der Waals surface area contributed by atoms with E-state index in [0.29, 0.717) is 12.1 Å². The molecule has 1 aliphatic heterocycles. The minimum Gasteiger partial charge on any atom is -0.380 e. The molecule has 1 aromatic rings. The summed E-state index contributed by atoms with van der Waals surface area (Å²) in [6, 6.07) is 5.21. The fourth-order valence-electron chi connectivity index (χ4n) is 3.00. The van der Waals surface area contributed by atoms with Crippen LogP contribution in [0.2, 0.25) is 0 Å². The van der Waals surface area contributed by atoms with Gasteiger partial charge in [0, 0.05) is 30.9 Å². The smallest absolute Gasteiger partial charge is 0.192 e. The highest BCUT2D eigenvalue weighted by atomic mass is 32.2. The van der Waals surface area contributed by atoms with Crippen LogP contribution in [0.15, 0.2) is 23.4 Å². The van der Waals surface area contributed by atoms with Gasteiger partial charge in [0.2, 0.25) is 0 Å². The average molecular weight is 295 g/mol. The third-order valence-electron chi connectivity index (χ3n) is 4.13. The average Bonchev–Trinajstić information content (AvgIpc) is 3.14. The molecule has 0 spiro atoms. The van der Waals surface area contributed by atoms with E-state index < -0.39 is 9.84 Å². The maximum Gasteiger partial charge on any atom is 0.192 e. The Labute approximate surface area is 120 Å². The fraction of sp³-hybridized carbons (Fsp3) is 0.643. The number of nitrogens with zero attached hydrogens (tertiary/aromatic N) is 2. The van der Waals surface area contributed by atoms with Gasteiger partial charge < -0.3 is 5.32 Å². The highest BCUT2D eigenvalue weighted by Crippen LogP contribution is 2.34. The Morgan fingerprint density at radius 2 is 2.10 bits per heavy atom. The van der Waals surface area contributed by atoms with Crippen molar-refractivity contribution >= 4 is 15.5 Å². The maximum absolute atomic E-state index is 11.4. The Morgan fingerprint density at radius 3 is 2.65 bits per heavy atom. The van der Waals surface area contributed by atoms with Gasteiger partial charge >= 0.3 is 0 Å². The lowest BCUT2D eigenvalue weighted by atomic mass is 10.2. The summed E-state index contributed by atoms with van der Waals surface area (Å²) in [4.78, 5) is 6.59. The third kappa shape index (κ3) is 2.96. The second-order valence-corrected chi connectivity index (χ2v) is 7.97. The third-order valence-corrected chi connectivity index (χ3v) is 5.13. The monoisotopic (exact) mass is 295 g/mol. The molecule has 1 aromatic heterocycles. The zero-order chi connectivity index (χ0) is 14.3. The molecule has 1 N–H and O–H groups in total. The number of anilines is 1. The van der Waals surface area contributed by atoms with E-state index in [1.807, 2.05) is 0 Å². The van der Waals surface area contributed by atoms with Gasteiger partial charge in [-0.2, -0.15) is 0 Å². The van der Waals surface area contributed by atoms with Gasteiger partial charge in [-0.05, 0) is 38.3 Å². The Hall–Kier alpha value is -1.14. The first-order valence-electron chi connectivity index (χ1n) is 7.12. The van der Waals surface area contributed by atoms with E-state index in [4.69, 9.17) is 0 Å². The molecule has 0 radical (unpaired) electrons. The van der Waals surface area contributed by atoms with Crippen molar-refractivity contribution in [3.63, 3.8) is 0 Å². The van der Waals surface area contributed by atoms with Crippen molar-refractivity contribution in [2.75, 3.05) is 18.1 Å². The summed E-state index contributed by atoms with van der Waals surface area (Å²) in [7, 11) is -3.21. The first kappa shape index (κ1) is 13.8. The molecule has 0 amide bonds. The molecule has 6 heteroatoms. The maximum atomic E-state index is 11.4. The Bertz CT molecular complexity index is 581. The highest BCUT2D eigenvalue weighted by Gasteiger charge is 2.38. The lowest BCUT2D eigenvalue weighted by Gasteiger charge is -2.19. The number of likely N-dealkylation sites (tertiary alicyclic amines) is 1. The Kier molecular flexibility index (Phi) is 3.46. The van der Waals surface area contributed by atoms with Gasteiger partial charge in [-0.1, -0.05) is 0 Å². The predicted molar refractivity (Wildman–Crippen MR) is 78.6 cm³/mol. The SMILES string of the molecule is CC1CC(Nc2ccc(S(C)(=O)=O)nc2)CN1C1CC1. The highest BCUT2D eigenvalue weighted by molar-refractivity contribution is 7.90. The summed E-state index contributed by atoms with van der Waals surface area (Å²) in [6.07, 6.45) is 6.59. The summed E-state index contributed by atoms with van der Waals surface area (Å²) < 4.78 is 22.7. The topological polar surface area (TPSA) is 62.3 Å². The molecule has 2 atom stereocenters. The van der Waals surface area contributed by atoms with Crippen LogP contribution in [0.1, 0.15) is 26.2 Å². The normalized spacial score (nSPS) is 27.7. The van der Waals surface area contributed by atoms with Crippen LogP contribution in [0.25, 0.3) is 0 Å². The van der Waals surface area contributed by atoms with E-state index in [1.165, 1.54) is 19.1 Å². The zero-order valence-corrected chi connectivity index (χ0v) is 12.7. The van der Waals surface area contributed by atoms with E-state index >= 15 is 0 Å². The van der Waals surface area contributed by atoms with Crippen molar-refractivity contribution in [1.82, 2.24) is 9.88 Å². The van der Waals surface area contributed by atoms with Crippen LogP contribution in [-0.4, -0.2) is 49.2 Å². The van der Waals surface area contributed by atoms with E-state index in [-0.39, 0.29) is 5.03 Å². The van der Waals surface area contributed by atoms with E-state index in [1.54, 1.807) is 18.3 Å². The van der Waals surface area contributed by atoms with Crippen LogP contribution >= 0.6 is 0 Å². The summed E-state index contributed by atoms with van der Waals surface area (Å²) in [6.45, 7) is 3.35. The molecule has 1 aliphatic carbocycles. The van der Waals surface area contributed by atoms with Crippen molar-refractivity contribution in [2.24, 2.45) is 0 Å². The summed E-state index contributed by atoms with van der Waals surface area (Å²) >= 11 is 0. The number of sulfone groups is 1. The molecule has 2 aliphatic rings. The molecule has 0 aromatic carbocycles. The van der Waals surface area contributed by atoms with Crippen molar-refractivity contribution < 1.29 is 8.42 Å². The summed E-state index contributed by atoms with van der Waals surface area (Å²) in [5.74, 6) is 0. The molecule has 5 nitrogen and oxygen atoms in total. The lowest BCUT2D eigenvalue weighted by Crippen LogP contribution is -2.31. The minimum atomic E-state index is -3.21. The molecule has 1 saturated heterocycles. The number of nitrogens with one attached hydrogen (secondary N) is 1. The molecule has 1 saturated carbocycles. The van der Waals surface area contributed by atoms with Gasteiger partial charge in [0.15, 0.2) is 14.9 Å². The standard InChI is InChI=1S/C14H21N3O2S/c1-10-7-12(9-17(10)13-4-5-13)16-11-3-6-14(15-8-11)20(2,18)19/h3,6,8,10,12-13,16H,4-5,7,9H2,1-2H3. The van der Waals surface area contributed by atoms with E-state index in [9.17, 15) is 8.42 Å². The molecule has 110 valence electrons. The first-order valence-corrected chi connectivity index (χ1v) is 9.01. The minimum absolute atomic E-state index is 0.127. The molecule has 2 fully saturated rings. The van der Waals surface area contributed by atoms with Crippen molar-refractivity contribution in [3.05, 3.63) is 18.3 Å². The number of rotatable bonds is 4. The summed E-state index contributed by atoms with van der Waals surface area (Å²) in [5, 5.41) is 3.59. The number of hydrogen-bond donors (Lipinski definition) is 1. The van der Waals surface area contributed by atoms with E-state index in [2.05, 4.69) is 22.1 Å². The predicted octanol–water partition coefficient (Wildman–Crippen LogP) is 1.52. The Balaban J connectivity index is 1.63. The molecule has 20 heavy (non-hydrogen) atoms. The van der Waals surface area contributed by atoms with Crippen LogP contribution in [-0.2, 0) is 9.84 Å². The van der Waals surface area contributed by atoms with Gasteiger partial charge in [-0.25, -0.2) is 13.4 Å². The number of aromatic nitrogens is 1. The fourth-order valence-corrected chi connectivity index (χ4v) is 3.56. The zero-order valence-electron chi connectivity index (χ0n) is 11.9. The number of hydrogen-bond acceptors (Lipinski definition) is 5. The van der Waals surface area contributed by atoms with Crippen LogP contribution in [0.3, 0.4) is 0 Å². The van der Waals surface area contributed by atoms with E-state index in [0.717, 1.165) is 24.7 Å². The van der Waals surface area contributed by atoms with Crippen molar-refractivity contribution in [1.29, 1.82) is 0 Å². The first-order chi connectivity index (χ1) is 9.43. The van der Waals surface area contributed by atoms with Crippen molar-refractivity contribution in [3.8, 4) is 0 Å². The second kappa shape index (κ2) is 5.00. The Morgan fingerprint density at radius 1 is 1.35 bits per heavy atom. The van der Waals surface area contributed by atoms with Crippen LogP contribution in [0, 0.1) is 0 Å².